The fourth-order valence-corrected chi connectivity index (χ4v) is 0.917. The number of carbonyl (C=O) groups is 1. The van der Waals surface area contributed by atoms with Gasteiger partial charge in [0.15, 0.2) is 0 Å². The molecular formula is C10H10N2O3. The zero-order valence-electron chi connectivity index (χ0n) is 8.40. The van der Waals surface area contributed by atoms with Gasteiger partial charge >= 0.3 is 0 Å². The van der Waals surface area contributed by atoms with Crippen molar-refractivity contribution in [3.8, 4) is 23.6 Å². The molecule has 1 amide bonds. The predicted molar refractivity (Wildman–Crippen MR) is 53.4 cm³/mol. The molecule has 78 valence electrons. The summed E-state index contributed by atoms with van der Waals surface area (Å²) in [6.45, 7) is 0. The van der Waals surface area contributed by atoms with Crippen LogP contribution in [0.5, 0.6) is 11.8 Å². The van der Waals surface area contributed by atoms with Crippen molar-refractivity contribution in [3.63, 3.8) is 0 Å². The van der Waals surface area contributed by atoms with Crippen LogP contribution >= 0.6 is 0 Å². The van der Waals surface area contributed by atoms with Crippen molar-refractivity contribution in [2.75, 3.05) is 14.2 Å². The molecule has 5 nitrogen and oxygen atoms in total. The third-order valence-corrected chi connectivity index (χ3v) is 1.56. The standard InChI is InChI=1S/C10H10N2O3/c1-14-9-6-4-7(3-5-8(11)13)10(12-9)15-2/h4,6H,1-2H3,(H2,11,13). The molecule has 0 radical (unpaired) electrons. The van der Waals surface area contributed by atoms with Crippen LogP contribution in [-0.4, -0.2) is 25.1 Å². The first kappa shape index (κ1) is 10.9. The van der Waals surface area contributed by atoms with E-state index in [-0.39, 0.29) is 0 Å². The molecule has 15 heavy (non-hydrogen) atoms. The van der Waals surface area contributed by atoms with Crippen LogP contribution < -0.4 is 15.2 Å². The molecule has 0 atom stereocenters. The van der Waals surface area contributed by atoms with Gasteiger partial charge in [0.2, 0.25) is 11.8 Å². The summed E-state index contributed by atoms with van der Waals surface area (Å²) in [5.41, 5.74) is 5.37. The average Bonchev–Trinajstić information content (AvgIpc) is 2.25. The smallest absolute Gasteiger partial charge is 0.293 e. The summed E-state index contributed by atoms with van der Waals surface area (Å²) in [6.07, 6.45) is 0. The Kier molecular flexibility index (Phi) is 3.52. The fraction of sp³-hybridized carbons (Fsp3) is 0.200. The van der Waals surface area contributed by atoms with Crippen LogP contribution in [0.25, 0.3) is 0 Å². The van der Waals surface area contributed by atoms with Crippen molar-refractivity contribution in [3.05, 3.63) is 17.7 Å². The lowest BCUT2D eigenvalue weighted by atomic mass is 10.2. The molecule has 0 fully saturated rings. The van der Waals surface area contributed by atoms with E-state index >= 15 is 0 Å². The first-order valence-corrected chi connectivity index (χ1v) is 4.08. The van der Waals surface area contributed by atoms with Gasteiger partial charge in [0.05, 0.1) is 19.8 Å². The second kappa shape index (κ2) is 4.86. The Balaban J connectivity index is 3.09. The second-order valence-electron chi connectivity index (χ2n) is 2.52. The van der Waals surface area contributed by atoms with E-state index in [1.807, 2.05) is 0 Å². The number of pyridine rings is 1. The first-order valence-electron chi connectivity index (χ1n) is 4.08. The highest BCUT2D eigenvalue weighted by Crippen LogP contribution is 2.18. The van der Waals surface area contributed by atoms with Crippen LogP contribution in [0.2, 0.25) is 0 Å². The number of ether oxygens (including phenoxy) is 2. The molecule has 1 aromatic rings. The zero-order valence-corrected chi connectivity index (χ0v) is 8.40. The molecule has 0 saturated heterocycles. The van der Waals surface area contributed by atoms with Crippen molar-refractivity contribution in [1.29, 1.82) is 0 Å². The van der Waals surface area contributed by atoms with E-state index in [4.69, 9.17) is 15.2 Å². The molecule has 0 spiro atoms. The number of methoxy groups -OCH3 is 2. The van der Waals surface area contributed by atoms with Crippen LogP contribution in [0.4, 0.5) is 0 Å². The van der Waals surface area contributed by atoms with Crippen molar-refractivity contribution < 1.29 is 14.3 Å². The molecule has 0 bridgehead atoms. The van der Waals surface area contributed by atoms with Gasteiger partial charge in [-0.2, -0.15) is 4.98 Å². The number of nitrogens with two attached hydrogens (primary N) is 1. The zero-order chi connectivity index (χ0) is 11.3. The summed E-state index contributed by atoms with van der Waals surface area (Å²) in [4.78, 5) is 14.4. The van der Waals surface area contributed by atoms with Gasteiger partial charge in [-0.1, -0.05) is 5.92 Å². The van der Waals surface area contributed by atoms with Gasteiger partial charge in [0.1, 0.15) is 0 Å². The summed E-state index contributed by atoms with van der Waals surface area (Å²) < 4.78 is 9.88. The molecule has 5 heteroatoms. The number of hydrogen-bond donors (Lipinski definition) is 1. The van der Waals surface area contributed by atoms with Crippen LogP contribution in [0.3, 0.4) is 0 Å². The Bertz CT molecular complexity index is 432. The Hall–Kier alpha value is -2.22. The number of rotatable bonds is 2. The summed E-state index contributed by atoms with van der Waals surface area (Å²) in [6, 6.07) is 3.26. The third-order valence-electron chi connectivity index (χ3n) is 1.56. The van der Waals surface area contributed by atoms with Crippen molar-refractivity contribution in [1.82, 2.24) is 4.98 Å². The van der Waals surface area contributed by atoms with Crippen molar-refractivity contribution in [2.24, 2.45) is 5.73 Å². The molecule has 0 aliphatic rings. The fourth-order valence-electron chi connectivity index (χ4n) is 0.917. The van der Waals surface area contributed by atoms with Crippen LogP contribution in [0.15, 0.2) is 12.1 Å². The molecular weight excluding hydrogens is 196 g/mol. The van der Waals surface area contributed by atoms with Gasteiger partial charge in [0, 0.05) is 12.0 Å². The molecule has 2 N–H and O–H groups in total. The third kappa shape index (κ3) is 2.88. The Morgan fingerprint density at radius 3 is 2.67 bits per heavy atom. The Morgan fingerprint density at radius 2 is 2.13 bits per heavy atom. The monoisotopic (exact) mass is 206 g/mol. The number of nitrogens with zero attached hydrogens (tertiary/aromatic N) is 1. The molecule has 0 aliphatic heterocycles. The normalized spacial score (nSPS) is 8.67. The highest BCUT2D eigenvalue weighted by Gasteiger charge is 2.03. The van der Waals surface area contributed by atoms with E-state index in [2.05, 4.69) is 16.8 Å². The lowest BCUT2D eigenvalue weighted by Gasteiger charge is -2.03. The van der Waals surface area contributed by atoms with E-state index in [0.717, 1.165) is 0 Å². The maximum absolute atomic E-state index is 10.5. The van der Waals surface area contributed by atoms with Crippen LogP contribution in [-0.2, 0) is 4.79 Å². The molecule has 0 aromatic carbocycles. The van der Waals surface area contributed by atoms with Gasteiger partial charge in [-0.3, -0.25) is 4.79 Å². The summed E-state index contributed by atoms with van der Waals surface area (Å²) in [5.74, 6) is 4.76. The molecule has 0 aliphatic carbocycles. The average molecular weight is 206 g/mol. The van der Waals surface area contributed by atoms with Crippen LogP contribution in [0.1, 0.15) is 5.56 Å². The quantitative estimate of drug-likeness (QED) is 0.687. The van der Waals surface area contributed by atoms with Crippen molar-refractivity contribution >= 4 is 5.91 Å². The Labute approximate surface area is 87.2 Å². The molecule has 0 saturated carbocycles. The van der Waals surface area contributed by atoms with Gasteiger partial charge in [-0.25, -0.2) is 0 Å². The number of hydrogen-bond acceptors (Lipinski definition) is 4. The predicted octanol–water partition coefficient (Wildman–Crippen LogP) is -0.0644. The van der Waals surface area contributed by atoms with Crippen LogP contribution in [0, 0.1) is 11.8 Å². The van der Waals surface area contributed by atoms with Gasteiger partial charge in [-0.15, -0.1) is 0 Å². The maximum atomic E-state index is 10.5. The largest absolute Gasteiger partial charge is 0.481 e. The summed E-state index contributed by atoms with van der Waals surface area (Å²) in [7, 11) is 2.95. The van der Waals surface area contributed by atoms with E-state index in [9.17, 15) is 4.79 Å². The van der Waals surface area contributed by atoms with E-state index in [0.29, 0.717) is 17.3 Å². The first-order chi connectivity index (χ1) is 7.17. The SMILES string of the molecule is COc1ccc(C#CC(N)=O)c(OC)n1. The number of aromatic nitrogens is 1. The number of primary amides is 1. The summed E-state index contributed by atoms with van der Waals surface area (Å²) >= 11 is 0. The minimum absolute atomic E-state index is 0.295. The minimum Gasteiger partial charge on any atom is -0.481 e. The minimum atomic E-state index is -0.701. The highest BCUT2D eigenvalue weighted by molar-refractivity contribution is 5.92. The van der Waals surface area contributed by atoms with Gasteiger partial charge in [-0.05, 0) is 6.07 Å². The van der Waals surface area contributed by atoms with E-state index in [1.54, 1.807) is 12.1 Å². The topological polar surface area (TPSA) is 74.4 Å². The molecule has 0 unspecified atom stereocenters. The van der Waals surface area contributed by atoms with Gasteiger partial charge in [0.25, 0.3) is 5.91 Å². The van der Waals surface area contributed by atoms with E-state index < -0.39 is 5.91 Å². The molecule has 1 aromatic heterocycles. The molecule has 1 rings (SSSR count). The van der Waals surface area contributed by atoms with Crippen molar-refractivity contribution in [2.45, 2.75) is 0 Å². The Morgan fingerprint density at radius 1 is 1.40 bits per heavy atom. The highest BCUT2D eigenvalue weighted by atomic mass is 16.5. The number of carbonyl (C=O) groups excluding carboxylic acids is 1. The lowest BCUT2D eigenvalue weighted by Crippen LogP contribution is -2.06. The van der Waals surface area contributed by atoms with Gasteiger partial charge < -0.3 is 15.2 Å². The second-order valence-corrected chi connectivity index (χ2v) is 2.52. The maximum Gasteiger partial charge on any atom is 0.293 e. The lowest BCUT2D eigenvalue weighted by molar-refractivity contribution is -0.112. The number of amides is 1. The van der Waals surface area contributed by atoms with E-state index in [1.165, 1.54) is 14.2 Å². The summed E-state index contributed by atoms with van der Waals surface area (Å²) in [5, 5.41) is 0. The molecule has 1 heterocycles.